The van der Waals surface area contributed by atoms with E-state index in [-0.39, 0.29) is 12.4 Å². The molecule has 1 aromatic heterocycles. The summed E-state index contributed by atoms with van der Waals surface area (Å²) in [6.07, 6.45) is 4.67. The van der Waals surface area contributed by atoms with Crippen LogP contribution in [0, 0.1) is 6.92 Å². The lowest BCUT2D eigenvalue weighted by molar-refractivity contribution is 0.302. The molecule has 1 aliphatic carbocycles. The number of fused-ring (bicyclic) bond motifs is 3. The lowest BCUT2D eigenvalue weighted by Gasteiger charge is -2.24. The SMILES string of the molecule is Cc1ccc2[nH]c3c(c2c1)CCCC3NCCCOc1ccccc1.Cl. The van der Waals surface area contributed by atoms with Crippen LogP contribution in [0.25, 0.3) is 10.9 Å². The Balaban J connectivity index is 0.00000196. The van der Waals surface area contributed by atoms with Crippen LogP contribution >= 0.6 is 12.4 Å². The summed E-state index contributed by atoms with van der Waals surface area (Å²) >= 11 is 0. The van der Waals surface area contributed by atoms with Gasteiger partial charge in [-0.25, -0.2) is 0 Å². The van der Waals surface area contributed by atoms with E-state index in [0.717, 1.165) is 25.3 Å². The lowest BCUT2D eigenvalue weighted by Crippen LogP contribution is -2.27. The minimum Gasteiger partial charge on any atom is -0.494 e. The average Bonchev–Trinajstić information content (AvgIpc) is 3.01. The topological polar surface area (TPSA) is 37.0 Å². The molecule has 1 atom stereocenters. The van der Waals surface area contributed by atoms with Gasteiger partial charge in [0.2, 0.25) is 0 Å². The van der Waals surface area contributed by atoms with Crippen molar-refractivity contribution >= 4 is 23.3 Å². The van der Waals surface area contributed by atoms with E-state index < -0.39 is 0 Å². The summed E-state index contributed by atoms with van der Waals surface area (Å²) in [5.74, 6) is 0.952. The summed E-state index contributed by atoms with van der Waals surface area (Å²) in [6.45, 7) is 3.90. The summed E-state index contributed by atoms with van der Waals surface area (Å²) < 4.78 is 5.78. The zero-order chi connectivity index (χ0) is 17.1. The normalized spacial score (nSPS) is 16.1. The largest absolute Gasteiger partial charge is 0.494 e. The Hall–Kier alpha value is -1.97. The maximum absolute atomic E-state index is 5.78. The fourth-order valence-corrected chi connectivity index (χ4v) is 3.84. The van der Waals surface area contributed by atoms with Gasteiger partial charge in [-0.3, -0.25) is 0 Å². The van der Waals surface area contributed by atoms with Crippen molar-refractivity contribution < 1.29 is 4.74 Å². The number of rotatable bonds is 6. The molecule has 1 aliphatic rings. The number of hydrogen-bond acceptors (Lipinski definition) is 2. The van der Waals surface area contributed by atoms with Crippen molar-refractivity contribution in [3.8, 4) is 5.75 Å². The number of aromatic amines is 1. The first-order chi connectivity index (χ1) is 12.3. The van der Waals surface area contributed by atoms with Crippen LogP contribution < -0.4 is 10.1 Å². The summed E-state index contributed by atoms with van der Waals surface area (Å²) in [4.78, 5) is 3.67. The maximum Gasteiger partial charge on any atom is 0.119 e. The highest BCUT2D eigenvalue weighted by Gasteiger charge is 2.23. The fourth-order valence-electron chi connectivity index (χ4n) is 3.84. The highest BCUT2D eigenvalue weighted by atomic mass is 35.5. The summed E-state index contributed by atoms with van der Waals surface area (Å²) in [5.41, 5.74) is 5.53. The second-order valence-corrected chi connectivity index (χ2v) is 6.98. The van der Waals surface area contributed by atoms with Gasteiger partial charge in [-0.1, -0.05) is 29.8 Å². The molecular weight excluding hydrogens is 344 g/mol. The van der Waals surface area contributed by atoms with Gasteiger partial charge in [0.1, 0.15) is 5.75 Å². The molecule has 26 heavy (non-hydrogen) atoms. The third-order valence-electron chi connectivity index (χ3n) is 5.09. The maximum atomic E-state index is 5.78. The molecule has 4 heteroatoms. The van der Waals surface area contributed by atoms with Crippen molar-refractivity contribution in [2.24, 2.45) is 0 Å². The van der Waals surface area contributed by atoms with Gasteiger partial charge in [0.05, 0.1) is 6.61 Å². The molecule has 1 unspecified atom stereocenters. The van der Waals surface area contributed by atoms with Crippen LogP contribution in [-0.2, 0) is 6.42 Å². The zero-order valence-electron chi connectivity index (χ0n) is 15.3. The lowest BCUT2D eigenvalue weighted by atomic mass is 9.91. The van der Waals surface area contributed by atoms with Crippen molar-refractivity contribution in [3.63, 3.8) is 0 Å². The van der Waals surface area contributed by atoms with Gasteiger partial charge in [-0.2, -0.15) is 0 Å². The molecule has 0 saturated heterocycles. The van der Waals surface area contributed by atoms with Gasteiger partial charge in [-0.05, 0) is 69.0 Å². The molecule has 1 heterocycles. The van der Waals surface area contributed by atoms with Crippen LogP contribution in [0.2, 0.25) is 0 Å². The van der Waals surface area contributed by atoms with Gasteiger partial charge < -0.3 is 15.0 Å². The summed E-state index contributed by atoms with van der Waals surface area (Å²) in [6, 6.07) is 17.2. The molecule has 3 nitrogen and oxygen atoms in total. The van der Waals surface area contributed by atoms with Crippen LogP contribution in [-0.4, -0.2) is 18.1 Å². The number of H-pyrrole nitrogens is 1. The fraction of sp³-hybridized carbons (Fsp3) is 0.364. The van der Waals surface area contributed by atoms with Crippen LogP contribution in [0.15, 0.2) is 48.5 Å². The molecule has 2 N–H and O–H groups in total. The van der Waals surface area contributed by atoms with Crippen LogP contribution in [0.5, 0.6) is 5.75 Å². The third kappa shape index (κ3) is 4.05. The van der Waals surface area contributed by atoms with E-state index in [0.29, 0.717) is 6.04 Å². The Morgan fingerprint density at radius 3 is 2.85 bits per heavy atom. The standard InChI is InChI=1S/C22H26N2O.ClH/c1-16-11-12-20-19(15-16)18-9-5-10-21(22(18)24-20)23-13-6-14-25-17-7-3-2-4-8-17;/h2-4,7-8,11-12,15,21,23-24H,5-6,9-10,13-14H2,1H3;1H. The zero-order valence-corrected chi connectivity index (χ0v) is 16.1. The number of aromatic nitrogens is 1. The van der Waals surface area contributed by atoms with Crippen molar-refractivity contribution in [2.75, 3.05) is 13.2 Å². The molecule has 138 valence electrons. The van der Waals surface area contributed by atoms with Crippen LogP contribution in [0.4, 0.5) is 0 Å². The molecule has 0 bridgehead atoms. The predicted octanol–water partition coefficient (Wildman–Crippen LogP) is 5.33. The smallest absolute Gasteiger partial charge is 0.119 e. The Morgan fingerprint density at radius 1 is 1.15 bits per heavy atom. The minimum atomic E-state index is 0. The Kier molecular flexibility index (Phi) is 6.23. The van der Waals surface area contributed by atoms with Crippen molar-refractivity contribution in [1.82, 2.24) is 10.3 Å². The van der Waals surface area contributed by atoms with E-state index in [1.165, 1.54) is 47.0 Å². The molecule has 4 rings (SSSR count). The second-order valence-electron chi connectivity index (χ2n) is 6.98. The molecule has 0 saturated carbocycles. The number of halogens is 1. The summed E-state index contributed by atoms with van der Waals surface area (Å²) in [7, 11) is 0. The Bertz CT molecular complexity index is 844. The number of nitrogens with one attached hydrogen (secondary N) is 2. The number of benzene rings is 2. The van der Waals surface area contributed by atoms with Crippen LogP contribution in [0.1, 0.15) is 42.1 Å². The van der Waals surface area contributed by atoms with E-state index in [1.807, 2.05) is 30.3 Å². The van der Waals surface area contributed by atoms with E-state index in [1.54, 1.807) is 0 Å². The molecule has 0 radical (unpaired) electrons. The van der Waals surface area contributed by atoms with Crippen molar-refractivity contribution in [1.29, 1.82) is 0 Å². The first kappa shape index (κ1) is 18.8. The summed E-state index contributed by atoms with van der Waals surface area (Å²) in [5, 5.41) is 5.14. The minimum absolute atomic E-state index is 0. The molecule has 0 spiro atoms. The van der Waals surface area contributed by atoms with Crippen molar-refractivity contribution in [2.45, 2.75) is 38.6 Å². The average molecular weight is 371 g/mol. The van der Waals surface area contributed by atoms with Gasteiger partial charge >= 0.3 is 0 Å². The Labute approximate surface area is 161 Å². The van der Waals surface area contributed by atoms with Crippen LogP contribution in [0.3, 0.4) is 0 Å². The van der Waals surface area contributed by atoms with E-state index in [4.69, 9.17) is 4.74 Å². The molecule has 0 aliphatic heterocycles. The van der Waals surface area contributed by atoms with E-state index in [2.05, 4.69) is 35.4 Å². The third-order valence-corrected chi connectivity index (χ3v) is 5.09. The highest BCUT2D eigenvalue weighted by molar-refractivity contribution is 5.86. The number of aryl methyl sites for hydroxylation is 2. The number of para-hydroxylation sites is 1. The van der Waals surface area contributed by atoms with E-state index >= 15 is 0 Å². The van der Waals surface area contributed by atoms with Gasteiger partial charge in [0, 0.05) is 22.6 Å². The number of hydrogen-bond donors (Lipinski definition) is 2. The highest BCUT2D eigenvalue weighted by Crippen LogP contribution is 2.35. The van der Waals surface area contributed by atoms with Gasteiger partial charge in [-0.15, -0.1) is 12.4 Å². The molecule has 0 amide bonds. The molecular formula is C22H27ClN2O. The first-order valence-electron chi connectivity index (χ1n) is 9.33. The van der Waals surface area contributed by atoms with Gasteiger partial charge in [0.25, 0.3) is 0 Å². The van der Waals surface area contributed by atoms with Crippen molar-refractivity contribution in [3.05, 3.63) is 65.4 Å². The molecule has 3 aromatic rings. The Morgan fingerprint density at radius 2 is 2.00 bits per heavy atom. The second kappa shape index (κ2) is 8.61. The predicted molar refractivity (Wildman–Crippen MR) is 111 cm³/mol. The monoisotopic (exact) mass is 370 g/mol. The molecule has 0 fully saturated rings. The number of ether oxygens (including phenoxy) is 1. The quantitative estimate of drug-likeness (QED) is 0.575. The first-order valence-corrected chi connectivity index (χ1v) is 9.33. The van der Waals surface area contributed by atoms with E-state index in [9.17, 15) is 0 Å². The van der Waals surface area contributed by atoms with Gasteiger partial charge in [0.15, 0.2) is 0 Å². The molecule has 2 aromatic carbocycles.